The van der Waals surface area contributed by atoms with E-state index >= 15 is 0 Å². The molecule has 1 atom stereocenters. The van der Waals surface area contributed by atoms with Crippen LogP contribution < -0.4 is 0 Å². The largest absolute Gasteiger partial charge is 0.441 e. The fourth-order valence-electron chi connectivity index (χ4n) is 4.16. The summed E-state index contributed by atoms with van der Waals surface area (Å²) in [5.41, 5.74) is -0.777. The molecule has 2 aromatic carbocycles. The Kier molecular flexibility index (Phi) is 5.29. The molecule has 0 N–H and O–H groups in total. The van der Waals surface area contributed by atoms with Crippen molar-refractivity contribution in [1.82, 2.24) is 24.9 Å². The van der Waals surface area contributed by atoms with Crippen molar-refractivity contribution in [3.8, 4) is 5.69 Å². The maximum Gasteiger partial charge on any atom is 0.269 e. The zero-order valence-corrected chi connectivity index (χ0v) is 17.4. The summed E-state index contributed by atoms with van der Waals surface area (Å²) in [6.07, 6.45) is 1.42. The molecular weight excluding hydrogens is 461 g/mol. The predicted molar refractivity (Wildman–Crippen MR) is 108 cm³/mol. The van der Waals surface area contributed by atoms with E-state index in [0.717, 1.165) is 27.9 Å². The smallest absolute Gasteiger partial charge is 0.269 e. The Morgan fingerprint density at radius 2 is 1.82 bits per heavy atom. The zero-order chi connectivity index (χ0) is 24.0. The Morgan fingerprint density at radius 1 is 1.09 bits per heavy atom. The van der Waals surface area contributed by atoms with Gasteiger partial charge in [0, 0.05) is 25.5 Å². The van der Waals surface area contributed by atoms with Gasteiger partial charge in [-0.3, -0.25) is 4.79 Å². The number of alkyl halides is 2. The minimum atomic E-state index is -3.28. The summed E-state index contributed by atoms with van der Waals surface area (Å²) in [6, 6.07) is 3.65. The van der Waals surface area contributed by atoms with E-state index < -0.39 is 53.0 Å². The summed E-state index contributed by atoms with van der Waals surface area (Å²) in [5, 5.41) is 7.48. The molecule has 176 valence electrons. The molecule has 0 aliphatic carbocycles. The third kappa shape index (κ3) is 3.78. The third-order valence-corrected chi connectivity index (χ3v) is 5.75. The maximum atomic E-state index is 14.8. The molecule has 1 amide bonds. The predicted octanol–water partition coefficient (Wildman–Crippen LogP) is 4.31. The number of oxazole rings is 1. The summed E-state index contributed by atoms with van der Waals surface area (Å²) in [6.45, 7) is -0.364. The lowest BCUT2D eigenvalue weighted by atomic mass is 10.0. The van der Waals surface area contributed by atoms with E-state index in [1.165, 1.54) is 24.5 Å². The Morgan fingerprint density at radius 3 is 2.59 bits per heavy atom. The quantitative estimate of drug-likeness (QED) is 0.401. The van der Waals surface area contributed by atoms with Gasteiger partial charge in [-0.15, -0.1) is 4.80 Å². The van der Waals surface area contributed by atoms with E-state index in [1.54, 1.807) is 0 Å². The van der Waals surface area contributed by atoms with Crippen LogP contribution in [-0.4, -0.2) is 49.3 Å². The summed E-state index contributed by atoms with van der Waals surface area (Å²) in [4.78, 5) is 19.0. The summed E-state index contributed by atoms with van der Waals surface area (Å²) in [5.74, 6) is -6.90. The number of carbonyl (C=O) groups excluding carboxylic acids is 1. The number of nitrogens with zero attached hydrogens (tertiary/aromatic N) is 5. The molecule has 0 radical (unpaired) electrons. The standard InChI is InChI=1S/C22H16F5N5O2/c23-12-1-4-15-16(11-12)34-18(30-15)6-5-17-22(26,27)7-10-31(17)21(33)19-13(24)2-3-14(25)20(19)32-28-8-9-29-32/h1-4,8-9,11,17H,5-7,10H2/t17-/m1/s1. The van der Waals surface area contributed by atoms with Crippen LogP contribution in [0.2, 0.25) is 0 Å². The highest BCUT2D eigenvalue weighted by molar-refractivity contribution is 5.98. The fourth-order valence-corrected chi connectivity index (χ4v) is 4.16. The topological polar surface area (TPSA) is 77.1 Å². The molecule has 0 unspecified atom stereocenters. The van der Waals surface area contributed by atoms with Crippen LogP contribution in [0.5, 0.6) is 0 Å². The molecule has 5 rings (SSSR count). The van der Waals surface area contributed by atoms with Crippen molar-refractivity contribution in [3.63, 3.8) is 0 Å². The van der Waals surface area contributed by atoms with Crippen LogP contribution in [-0.2, 0) is 6.42 Å². The second-order valence-corrected chi connectivity index (χ2v) is 7.86. The van der Waals surface area contributed by atoms with E-state index in [4.69, 9.17) is 4.42 Å². The van der Waals surface area contributed by atoms with Gasteiger partial charge >= 0.3 is 0 Å². The Hall–Kier alpha value is -3.83. The highest BCUT2D eigenvalue weighted by Gasteiger charge is 2.51. The van der Waals surface area contributed by atoms with E-state index in [0.29, 0.717) is 5.52 Å². The lowest BCUT2D eigenvalue weighted by Crippen LogP contribution is -2.43. The van der Waals surface area contributed by atoms with Crippen LogP contribution in [0.25, 0.3) is 16.8 Å². The average Bonchev–Trinajstić information content (AvgIpc) is 3.51. The van der Waals surface area contributed by atoms with Crippen LogP contribution in [0.1, 0.15) is 29.1 Å². The number of aryl methyl sites for hydroxylation is 1. The molecule has 1 aliphatic heterocycles. The normalized spacial score (nSPS) is 17.6. The van der Waals surface area contributed by atoms with Crippen LogP contribution in [0.3, 0.4) is 0 Å². The Labute approximate surface area is 188 Å². The van der Waals surface area contributed by atoms with Crippen LogP contribution in [0, 0.1) is 17.5 Å². The van der Waals surface area contributed by atoms with Crippen LogP contribution >= 0.6 is 0 Å². The number of rotatable bonds is 5. The molecule has 3 heterocycles. The molecule has 1 aliphatic rings. The molecule has 34 heavy (non-hydrogen) atoms. The minimum Gasteiger partial charge on any atom is -0.441 e. The van der Waals surface area contributed by atoms with Gasteiger partial charge in [0.05, 0.1) is 18.4 Å². The van der Waals surface area contributed by atoms with Crippen molar-refractivity contribution in [2.75, 3.05) is 6.54 Å². The highest BCUT2D eigenvalue weighted by Crippen LogP contribution is 2.38. The van der Waals surface area contributed by atoms with Crippen molar-refractivity contribution < 1.29 is 31.2 Å². The first-order valence-corrected chi connectivity index (χ1v) is 10.3. The van der Waals surface area contributed by atoms with E-state index in [9.17, 15) is 26.7 Å². The third-order valence-electron chi connectivity index (χ3n) is 5.75. The van der Waals surface area contributed by atoms with E-state index in [-0.39, 0.29) is 30.9 Å². The van der Waals surface area contributed by atoms with Crippen molar-refractivity contribution in [3.05, 3.63) is 71.6 Å². The summed E-state index contributed by atoms with van der Waals surface area (Å²) in [7, 11) is 0. The van der Waals surface area contributed by atoms with E-state index in [1.807, 2.05) is 0 Å². The Bertz CT molecular complexity index is 1370. The first kappa shape index (κ1) is 22.0. The summed E-state index contributed by atoms with van der Waals surface area (Å²) < 4.78 is 77.6. The number of fused-ring (bicyclic) bond motifs is 1. The molecule has 4 aromatic rings. The van der Waals surface area contributed by atoms with Crippen molar-refractivity contribution in [2.24, 2.45) is 0 Å². The van der Waals surface area contributed by atoms with Gasteiger partial charge < -0.3 is 9.32 Å². The lowest BCUT2D eigenvalue weighted by Gasteiger charge is -2.28. The molecule has 0 bridgehead atoms. The number of amides is 1. The molecule has 2 aromatic heterocycles. The van der Waals surface area contributed by atoms with Gasteiger partial charge in [-0.2, -0.15) is 10.2 Å². The second kappa shape index (κ2) is 8.19. The van der Waals surface area contributed by atoms with Gasteiger partial charge in [-0.1, -0.05) is 0 Å². The van der Waals surface area contributed by atoms with Gasteiger partial charge in [-0.05, 0) is 30.7 Å². The van der Waals surface area contributed by atoms with Crippen molar-refractivity contribution in [1.29, 1.82) is 0 Å². The molecule has 1 saturated heterocycles. The van der Waals surface area contributed by atoms with Crippen LogP contribution in [0.15, 0.2) is 47.1 Å². The first-order valence-electron chi connectivity index (χ1n) is 10.3. The van der Waals surface area contributed by atoms with Gasteiger partial charge in [0.1, 0.15) is 28.4 Å². The van der Waals surface area contributed by atoms with Crippen molar-refractivity contribution in [2.45, 2.75) is 31.2 Å². The Balaban J connectivity index is 1.45. The van der Waals surface area contributed by atoms with Gasteiger partial charge in [0.2, 0.25) is 0 Å². The number of likely N-dealkylation sites (tertiary alicyclic amines) is 1. The van der Waals surface area contributed by atoms with Crippen molar-refractivity contribution >= 4 is 17.0 Å². The van der Waals surface area contributed by atoms with Gasteiger partial charge in [0.25, 0.3) is 11.8 Å². The highest BCUT2D eigenvalue weighted by atomic mass is 19.3. The number of aromatic nitrogens is 4. The lowest BCUT2D eigenvalue weighted by molar-refractivity contribution is -0.0324. The first-order chi connectivity index (χ1) is 16.2. The molecule has 1 fully saturated rings. The number of hydrogen-bond donors (Lipinski definition) is 0. The number of carbonyl (C=O) groups is 1. The van der Waals surface area contributed by atoms with Gasteiger partial charge in [0.15, 0.2) is 17.3 Å². The summed E-state index contributed by atoms with van der Waals surface area (Å²) >= 11 is 0. The monoisotopic (exact) mass is 477 g/mol. The number of benzene rings is 2. The molecule has 7 nitrogen and oxygen atoms in total. The molecular formula is C22H16F5N5O2. The van der Waals surface area contributed by atoms with Gasteiger partial charge in [-0.25, -0.2) is 26.9 Å². The average molecular weight is 477 g/mol. The number of halogens is 5. The molecule has 0 spiro atoms. The van der Waals surface area contributed by atoms with Crippen LogP contribution in [0.4, 0.5) is 22.0 Å². The molecule has 12 heteroatoms. The SMILES string of the molecule is O=C(c1c(F)ccc(F)c1-n1nccn1)N1CCC(F)(F)[C@H]1CCc1nc2ccc(F)cc2o1. The second-order valence-electron chi connectivity index (χ2n) is 7.86. The number of hydrogen-bond acceptors (Lipinski definition) is 5. The molecule has 0 saturated carbocycles. The fraction of sp³-hybridized carbons (Fsp3) is 0.273. The maximum absolute atomic E-state index is 14.8. The minimum absolute atomic E-state index is 0.0838. The van der Waals surface area contributed by atoms with E-state index in [2.05, 4.69) is 15.2 Å². The zero-order valence-electron chi connectivity index (χ0n) is 17.4.